The van der Waals surface area contributed by atoms with Crippen LogP contribution in [0.25, 0.3) is 0 Å². The number of hydrogen-bond donors (Lipinski definition) is 1. The van der Waals surface area contributed by atoms with Gasteiger partial charge in [0.25, 0.3) is 11.6 Å². The van der Waals surface area contributed by atoms with E-state index in [-0.39, 0.29) is 23.6 Å². The molecule has 0 atom stereocenters. The van der Waals surface area contributed by atoms with Crippen molar-refractivity contribution < 1.29 is 24.0 Å². The lowest BCUT2D eigenvalue weighted by Gasteiger charge is -2.19. The second kappa shape index (κ2) is 8.96. The molecule has 0 spiro atoms. The number of ether oxygens (including phenoxy) is 1. The van der Waals surface area contributed by atoms with Crippen LogP contribution in [-0.4, -0.2) is 35.9 Å². The molecule has 0 saturated carbocycles. The molecule has 9 nitrogen and oxygen atoms in total. The van der Waals surface area contributed by atoms with Gasteiger partial charge in [0.15, 0.2) is 6.61 Å². The van der Waals surface area contributed by atoms with E-state index >= 15 is 0 Å². The molecule has 0 radical (unpaired) electrons. The van der Waals surface area contributed by atoms with E-state index in [1.54, 1.807) is 35.2 Å². The normalized spacial score (nSPS) is 13.2. The molecule has 1 N–H and O–H groups in total. The summed E-state index contributed by atoms with van der Waals surface area (Å²) in [6, 6.07) is 12.7. The van der Waals surface area contributed by atoms with Crippen LogP contribution in [0.1, 0.15) is 18.4 Å². The van der Waals surface area contributed by atoms with Crippen LogP contribution in [0, 0.1) is 10.1 Å². The molecule has 2 amide bonds. The number of nitrogens with zero attached hydrogens (tertiary/aromatic N) is 2. The summed E-state index contributed by atoms with van der Waals surface area (Å²) in [5.74, 6) is -1.33. The monoisotopic (exact) mass is 397 g/mol. The van der Waals surface area contributed by atoms with Crippen molar-refractivity contribution in [3.8, 4) is 0 Å². The highest BCUT2D eigenvalue weighted by Gasteiger charge is 2.24. The topological polar surface area (TPSA) is 119 Å². The van der Waals surface area contributed by atoms with Gasteiger partial charge < -0.3 is 15.0 Å². The highest BCUT2D eigenvalue weighted by atomic mass is 16.6. The van der Waals surface area contributed by atoms with Gasteiger partial charge in [-0.2, -0.15) is 0 Å². The Hall–Kier alpha value is -3.75. The Morgan fingerprint density at radius 2 is 1.86 bits per heavy atom. The van der Waals surface area contributed by atoms with Gasteiger partial charge in [-0.25, -0.2) is 0 Å². The minimum Gasteiger partial charge on any atom is -0.455 e. The molecule has 1 aliphatic heterocycles. The third-order valence-electron chi connectivity index (χ3n) is 4.43. The van der Waals surface area contributed by atoms with Crippen LogP contribution in [0.3, 0.4) is 0 Å². The van der Waals surface area contributed by atoms with Crippen LogP contribution >= 0.6 is 0 Å². The summed E-state index contributed by atoms with van der Waals surface area (Å²) in [7, 11) is 0. The van der Waals surface area contributed by atoms with Crippen LogP contribution in [0.4, 0.5) is 17.1 Å². The van der Waals surface area contributed by atoms with Crippen molar-refractivity contribution in [2.75, 3.05) is 23.4 Å². The van der Waals surface area contributed by atoms with Gasteiger partial charge in [-0.1, -0.05) is 30.3 Å². The zero-order valence-corrected chi connectivity index (χ0v) is 15.5. The number of carbonyl (C=O) groups excluding carboxylic acids is 3. The van der Waals surface area contributed by atoms with Gasteiger partial charge >= 0.3 is 5.97 Å². The van der Waals surface area contributed by atoms with Gasteiger partial charge in [-0.05, 0) is 18.6 Å². The lowest BCUT2D eigenvalue weighted by atomic mass is 10.1. The van der Waals surface area contributed by atoms with Crippen molar-refractivity contribution in [3.63, 3.8) is 0 Å². The first kappa shape index (κ1) is 20.0. The minimum atomic E-state index is -0.752. The number of para-hydroxylation sites is 3. The molecular formula is C20H19N3O6. The average molecular weight is 397 g/mol. The van der Waals surface area contributed by atoms with Crippen LogP contribution < -0.4 is 10.2 Å². The van der Waals surface area contributed by atoms with Gasteiger partial charge in [0, 0.05) is 24.6 Å². The quantitative estimate of drug-likeness (QED) is 0.435. The average Bonchev–Trinajstić information content (AvgIpc) is 3.13. The number of carbonyl (C=O) groups is 3. The smallest absolute Gasteiger partial charge is 0.311 e. The van der Waals surface area contributed by atoms with Crippen molar-refractivity contribution in [3.05, 3.63) is 64.2 Å². The molecule has 1 aliphatic rings. The molecule has 0 aliphatic carbocycles. The lowest BCUT2D eigenvalue weighted by molar-refractivity contribution is -0.385. The van der Waals surface area contributed by atoms with Crippen molar-refractivity contribution in [1.82, 2.24) is 0 Å². The van der Waals surface area contributed by atoms with Gasteiger partial charge in [-0.3, -0.25) is 24.5 Å². The van der Waals surface area contributed by atoms with Crippen molar-refractivity contribution >= 4 is 34.8 Å². The Balaban J connectivity index is 1.58. The molecule has 3 rings (SSSR count). The fourth-order valence-electron chi connectivity index (χ4n) is 3.09. The minimum absolute atomic E-state index is 0.0115. The maximum absolute atomic E-state index is 12.2. The maximum atomic E-state index is 12.2. The molecular weight excluding hydrogens is 378 g/mol. The molecule has 2 aromatic rings. The Morgan fingerprint density at radius 3 is 2.59 bits per heavy atom. The molecule has 2 aromatic carbocycles. The van der Waals surface area contributed by atoms with Crippen molar-refractivity contribution in [2.24, 2.45) is 0 Å². The van der Waals surface area contributed by atoms with Gasteiger partial charge in [0.05, 0.1) is 22.7 Å². The Morgan fingerprint density at radius 1 is 1.14 bits per heavy atom. The summed E-state index contributed by atoms with van der Waals surface area (Å²) in [4.78, 5) is 48.2. The molecule has 1 heterocycles. The first-order valence-electron chi connectivity index (χ1n) is 9.03. The number of nitrogens with one attached hydrogen (secondary N) is 1. The van der Waals surface area contributed by atoms with E-state index in [4.69, 9.17) is 4.74 Å². The van der Waals surface area contributed by atoms with Crippen molar-refractivity contribution in [2.45, 2.75) is 19.3 Å². The van der Waals surface area contributed by atoms with E-state index in [0.717, 1.165) is 6.42 Å². The molecule has 0 bridgehead atoms. The maximum Gasteiger partial charge on any atom is 0.311 e. The second-order valence-corrected chi connectivity index (χ2v) is 6.44. The Bertz CT molecular complexity index is 959. The van der Waals surface area contributed by atoms with E-state index in [9.17, 15) is 24.5 Å². The predicted octanol–water partition coefficient (Wildman–Crippen LogP) is 2.45. The summed E-state index contributed by atoms with van der Waals surface area (Å²) in [6.45, 7) is 0.0400. The predicted molar refractivity (Wildman–Crippen MR) is 104 cm³/mol. The largest absolute Gasteiger partial charge is 0.455 e. The van der Waals surface area contributed by atoms with E-state index in [0.29, 0.717) is 24.3 Å². The third-order valence-corrected chi connectivity index (χ3v) is 4.43. The van der Waals surface area contributed by atoms with E-state index < -0.39 is 23.4 Å². The van der Waals surface area contributed by atoms with Crippen LogP contribution in [0.2, 0.25) is 0 Å². The number of nitro groups is 1. The highest BCUT2D eigenvalue weighted by molar-refractivity contribution is 6.02. The Kier molecular flexibility index (Phi) is 6.18. The van der Waals surface area contributed by atoms with Crippen LogP contribution in [0.15, 0.2) is 48.5 Å². The first-order chi connectivity index (χ1) is 14.0. The molecule has 150 valence electrons. The summed E-state index contributed by atoms with van der Waals surface area (Å²) in [5.41, 5.74) is 1.07. The third kappa shape index (κ3) is 4.95. The number of rotatable bonds is 7. The van der Waals surface area contributed by atoms with Gasteiger partial charge in [0.2, 0.25) is 5.91 Å². The lowest BCUT2D eigenvalue weighted by Crippen LogP contribution is -2.27. The summed E-state index contributed by atoms with van der Waals surface area (Å²) in [5, 5.41) is 13.6. The fourth-order valence-corrected chi connectivity index (χ4v) is 3.09. The zero-order valence-electron chi connectivity index (χ0n) is 15.5. The summed E-state index contributed by atoms with van der Waals surface area (Å²) in [6.07, 6.45) is 0.902. The molecule has 9 heteroatoms. The zero-order chi connectivity index (χ0) is 20.8. The molecule has 0 aromatic heterocycles. The first-order valence-corrected chi connectivity index (χ1v) is 9.03. The van der Waals surface area contributed by atoms with Crippen LogP contribution in [-0.2, 0) is 25.5 Å². The van der Waals surface area contributed by atoms with Crippen molar-refractivity contribution in [1.29, 1.82) is 0 Å². The highest BCUT2D eigenvalue weighted by Crippen LogP contribution is 2.29. The van der Waals surface area contributed by atoms with E-state index in [1.165, 1.54) is 18.2 Å². The molecule has 1 saturated heterocycles. The number of hydrogen-bond acceptors (Lipinski definition) is 6. The number of amides is 2. The van der Waals surface area contributed by atoms with E-state index in [1.807, 2.05) is 0 Å². The summed E-state index contributed by atoms with van der Waals surface area (Å²) < 4.78 is 4.95. The second-order valence-electron chi connectivity index (χ2n) is 6.44. The molecule has 1 fully saturated rings. The fraction of sp³-hybridized carbons (Fsp3) is 0.250. The standard InChI is InChI=1S/C20H19N3O6/c24-18(13-29-20(26)12-14-6-1-3-8-16(14)23(27)28)21-15-7-2-4-9-17(15)22-11-5-10-19(22)25/h1-4,6-9H,5,10-13H2,(H,21,24). The number of benzene rings is 2. The van der Waals surface area contributed by atoms with Crippen LogP contribution in [0.5, 0.6) is 0 Å². The van der Waals surface area contributed by atoms with E-state index in [2.05, 4.69) is 5.32 Å². The summed E-state index contributed by atoms with van der Waals surface area (Å²) >= 11 is 0. The van der Waals surface area contributed by atoms with Gasteiger partial charge in [-0.15, -0.1) is 0 Å². The van der Waals surface area contributed by atoms with Gasteiger partial charge in [0.1, 0.15) is 0 Å². The number of nitro benzene ring substituents is 1. The Labute approximate surface area is 166 Å². The number of esters is 1. The molecule has 0 unspecified atom stereocenters. The molecule has 29 heavy (non-hydrogen) atoms. The number of anilines is 2. The SMILES string of the molecule is O=C(COC(=O)Cc1ccccc1[N+](=O)[O-])Nc1ccccc1N1CCCC1=O.